The van der Waals surface area contributed by atoms with Gasteiger partial charge in [0, 0.05) is 6.54 Å². The number of aromatic nitrogens is 1. The molecule has 1 aliphatic carbocycles. The molecule has 0 aromatic carbocycles. The van der Waals surface area contributed by atoms with E-state index in [1.807, 2.05) is 13.8 Å². The molecule has 1 saturated carbocycles. The molecule has 0 bridgehead atoms. The van der Waals surface area contributed by atoms with Gasteiger partial charge >= 0.3 is 0 Å². The van der Waals surface area contributed by atoms with E-state index in [0.717, 1.165) is 23.9 Å². The summed E-state index contributed by atoms with van der Waals surface area (Å²) in [6.45, 7) is 5.41. The monoisotopic (exact) mass is 237 g/mol. The van der Waals surface area contributed by atoms with Gasteiger partial charge in [0.25, 0.3) is 0 Å². The largest absolute Gasteiger partial charge is 0.444 e. The van der Waals surface area contributed by atoms with E-state index < -0.39 is 0 Å². The maximum Gasteiger partial charge on any atom is 0.233 e. The molecule has 2 N–H and O–H groups in total. The van der Waals surface area contributed by atoms with Crippen LogP contribution in [0.25, 0.3) is 0 Å². The molecule has 1 aliphatic rings. The fourth-order valence-corrected chi connectivity index (χ4v) is 1.54. The summed E-state index contributed by atoms with van der Waals surface area (Å²) in [7, 11) is 0. The highest BCUT2D eigenvalue weighted by molar-refractivity contribution is 5.77. The lowest BCUT2D eigenvalue weighted by Crippen LogP contribution is -2.34. The topological polar surface area (TPSA) is 67.2 Å². The summed E-state index contributed by atoms with van der Waals surface area (Å²) in [6.07, 6.45) is 2.51. The van der Waals surface area contributed by atoms with Gasteiger partial charge in [-0.25, -0.2) is 4.98 Å². The third-order valence-electron chi connectivity index (χ3n) is 2.92. The van der Waals surface area contributed by atoms with Crippen molar-refractivity contribution in [3.8, 4) is 0 Å². The van der Waals surface area contributed by atoms with Crippen molar-refractivity contribution in [2.45, 2.75) is 33.2 Å². The van der Waals surface area contributed by atoms with E-state index in [1.165, 1.54) is 12.8 Å². The quantitative estimate of drug-likeness (QED) is 0.771. The van der Waals surface area contributed by atoms with Gasteiger partial charge < -0.3 is 9.73 Å². The molecule has 0 spiro atoms. The molecule has 0 saturated heterocycles. The molecule has 5 nitrogen and oxygen atoms in total. The Morgan fingerprint density at radius 3 is 2.82 bits per heavy atom. The second-order valence-corrected chi connectivity index (χ2v) is 4.60. The van der Waals surface area contributed by atoms with Crippen LogP contribution in [0.2, 0.25) is 0 Å². The van der Waals surface area contributed by atoms with E-state index in [-0.39, 0.29) is 5.91 Å². The number of rotatable bonds is 6. The lowest BCUT2D eigenvalue weighted by molar-refractivity contribution is -0.120. The third-order valence-corrected chi connectivity index (χ3v) is 2.92. The van der Waals surface area contributed by atoms with E-state index >= 15 is 0 Å². The second-order valence-electron chi connectivity index (χ2n) is 4.60. The first-order valence-corrected chi connectivity index (χ1v) is 6.05. The van der Waals surface area contributed by atoms with E-state index in [1.54, 1.807) is 0 Å². The molecule has 5 heteroatoms. The Hall–Kier alpha value is -1.36. The highest BCUT2D eigenvalue weighted by Gasteiger charge is 2.21. The number of hydrogen-bond donors (Lipinski definition) is 2. The number of nitrogens with zero attached hydrogens (tertiary/aromatic N) is 1. The summed E-state index contributed by atoms with van der Waals surface area (Å²) in [5.41, 5.74) is 0.903. The predicted molar refractivity (Wildman–Crippen MR) is 63.4 cm³/mol. The summed E-state index contributed by atoms with van der Waals surface area (Å²) in [5, 5.41) is 5.91. The molecular weight excluding hydrogens is 218 g/mol. The van der Waals surface area contributed by atoms with E-state index in [2.05, 4.69) is 15.6 Å². The van der Waals surface area contributed by atoms with Crippen molar-refractivity contribution >= 4 is 5.91 Å². The highest BCUT2D eigenvalue weighted by atomic mass is 16.4. The van der Waals surface area contributed by atoms with Gasteiger partial charge in [-0.15, -0.1) is 0 Å². The number of oxazole rings is 1. The smallest absolute Gasteiger partial charge is 0.233 e. The Morgan fingerprint density at radius 1 is 1.47 bits per heavy atom. The van der Waals surface area contributed by atoms with Crippen LogP contribution in [0.4, 0.5) is 0 Å². The molecule has 0 aliphatic heterocycles. The molecule has 1 fully saturated rings. The molecule has 1 amide bonds. The van der Waals surface area contributed by atoms with Gasteiger partial charge in [0.1, 0.15) is 5.76 Å². The number of carbonyl (C=O) groups excluding carboxylic acids is 1. The van der Waals surface area contributed by atoms with E-state index in [4.69, 9.17) is 4.42 Å². The van der Waals surface area contributed by atoms with Crippen LogP contribution in [0, 0.1) is 19.8 Å². The summed E-state index contributed by atoms with van der Waals surface area (Å²) in [4.78, 5) is 15.6. The van der Waals surface area contributed by atoms with Crippen molar-refractivity contribution in [3.63, 3.8) is 0 Å². The molecule has 1 aromatic heterocycles. The Balaban J connectivity index is 1.62. The van der Waals surface area contributed by atoms with Crippen molar-refractivity contribution < 1.29 is 9.21 Å². The second kappa shape index (κ2) is 5.31. The predicted octanol–water partition coefficient (Wildman–Crippen LogP) is 0.907. The van der Waals surface area contributed by atoms with Gasteiger partial charge in [-0.3, -0.25) is 10.1 Å². The normalized spacial score (nSPS) is 14.9. The first-order chi connectivity index (χ1) is 8.15. The van der Waals surface area contributed by atoms with Gasteiger partial charge in [-0.1, -0.05) is 0 Å². The van der Waals surface area contributed by atoms with Crippen molar-refractivity contribution in [2.24, 2.45) is 5.92 Å². The molecule has 94 valence electrons. The minimum Gasteiger partial charge on any atom is -0.444 e. The fourth-order valence-electron chi connectivity index (χ4n) is 1.54. The van der Waals surface area contributed by atoms with Crippen LogP contribution in [-0.4, -0.2) is 24.0 Å². The molecule has 0 atom stereocenters. The Kier molecular flexibility index (Phi) is 3.78. The SMILES string of the molecule is Cc1nc(CNCC(=O)NCC2CC2)oc1C. The lowest BCUT2D eigenvalue weighted by Gasteiger charge is -2.04. The third kappa shape index (κ3) is 3.85. The average Bonchev–Trinajstić information content (AvgIpc) is 3.04. The van der Waals surface area contributed by atoms with Crippen LogP contribution in [-0.2, 0) is 11.3 Å². The molecule has 1 heterocycles. The zero-order chi connectivity index (χ0) is 12.3. The molecule has 1 aromatic rings. The maximum absolute atomic E-state index is 11.4. The average molecular weight is 237 g/mol. The van der Waals surface area contributed by atoms with Crippen LogP contribution >= 0.6 is 0 Å². The first-order valence-electron chi connectivity index (χ1n) is 6.05. The van der Waals surface area contributed by atoms with Crippen LogP contribution < -0.4 is 10.6 Å². The molecule has 2 rings (SSSR count). The summed E-state index contributed by atoms with van der Waals surface area (Å²) < 4.78 is 5.40. The fraction of sp³-hybridized carbons (Fsp3) is 0.667. The van der Waals surface area contributed by atoms with Crippen molar-refractivity contribution in [3.05, 3.63) is 17.3 Å². The van der Waals surface area contributed by atoms with Crippen LogP contribution in [0.3, 0.4) is 0 Å². The van der Waals surface area contributed by atoms with Gasteiger partial charge in [0.2, 0.25) is 11.8 Å². The number of nitrogens with one attached hydrogen (secondary N) is 2. The molecule has 0 unspecified atom stereocenters. The van der Waals surface area contributed by atoms with Crippen LogP contribution in [0.5, 0.6) is 0 Å². The summed E-state index contributed by atoms with van der Waals surface area (Å²) >= 11 is 0. The first kappa shape index (κ1) is 12.1. The molecule has 17 heavy (non-hydrogen) atoms. The lowest BCUT2D eigenvalue weighted by atomic mass is 10.4. The summed E-state index contributed by atoms with van der Waals surface area (Å²) in [6, 6.07) is 0. The Bertz CT molecular complexity index is 377. The minimum atomic E-state index is 0.0388. The maximum atomic E-state index is 11.4. The zero-order valence-corrected chi connectivity index (χ0v) is 10.4. The standard InChI is InChI=1S/C12H19N3O2/c1-8-9(2)17-12(15-8)7-13-6-11(16)14-5-10-3-4-10/h10,13H,3-7H2,1-2H3,(H,14,16). The number of hydrogen-bond acceptors (Lipinski definition) is 4. The number of carbonyl (C=O) groups is 1. The zero-order valence-electron chi connectivity index (χ0n) is 10.4. The van der Waals surface area contributed by atoms with Gasteiger partial charge in [0.15, 0.2) is 0 Å². The van der Waals surface area contributed by atoms with E-state index in [9.17, 15) is 4.79 Å². The van der Waals surface area contributed by atoms with Crippen LogP contribution in [0.1, 0.15) is 30.2 Å². The van der Waals surface area contributed by atoms with Crippen molar-refractivity contribution in [1.82, 2.24) is 15.6 Å². The molecular formula is C12H19N3O2. The molecule has 0 radical (unpaired) electrons. The van der Waals surface area contributed by atoms with Crippen molar-refractivity contribution in [2.75, 3.05) is 13.1 Å². The van der Waals surface area contributed by atoms with Crippen LogP contribution in [0.15, 0.2) is 4.42 Å². The van der Waals surface area contributed by atoms with Gasteiger partial charge in [0.05, 0.1) is 18.8 Å². The Labute approximate surface area is 101 Å². The highest BCUT2D eigenvalue weighted by Crippen LogP contribution is 2.27. The van der Waals surface area contributed by atoms with E-state index in [0.29, 0.717) is 19.0 Å². The number of amides is 1. The van der Waals surface area contributed by atoms with Gasteiger partial charge in [-0.2, -0.15) is 0 Å². The minimum absolute atomic E-state index is 0.0388. The number of aryl methyl sites for hydroxylation is 2. The van der Waals surface area contributed by atoms with Crippen molar-refractivity contribution in [1.29, 1.82) is 0 Å². The van der Waals surface area contributed by atoms with Gasteiger partial charge in [-0.05, 0) is 32.6 Å². The summed E-state index contributed by atoms with van der Waals surface area (Å²) in [5.74, 6) is 2.22. The Morgan fingerprint density at radius 2 is 2.24 bits per heavy atom.